The predicted octanol–water partition coefficient (Wildman–Crippen LogP) is 2.38. The number of aromatic nitrogens is 2. The van der Waals surface area contributed by atoms with Gasteiger partial charge in [0.2, 0.25) is 0 Å². The molecule has 0 fully saturated rings. The first kappa shape index (κ1) is 15.1. The van der Waals surface area contributed by atoms with Gasteiger partial charge in [-0.1, -0.05) is 18.2 Å². The van der Waals surface area contributed by atoms with Gasteiger partial charge in [0.1, 0.15) is 0 Å². The summed E-state index contributed by atoms with van der Waals surface area (Å²) in [5.41, 5.74) is 8.92. The first-order valence-electron chi connectivity index (χ1n) is 7.04. The molecule has 1 aromatic heterocycles. The molecule has 1 aromatic carbocycles. The fourth-order valence-corrected chi connectivity index (χ4v) is 2.01. The standard InChI is InChI=1S/C16H23N5/c1-12-9-10-21(20-12)14-8-6-5-7-13(14)11-18-15(17)19-16(2,3)4/h5-10H,11H2,1-4H3,(H3,17,18,19). The Balaban J connectivity index is 2.20. The van der Waals surface area contributed by atoms with Gasteiger partial charge < -0.3 is 11.1 Å². The molecular formula is C16H23N5. The summed E-state index contributed by atoms with van der Waals surface area (Å²) in [6, 6.07) is 10.1. The Labute approximate surface area is 125 Å². The van der Waals surface area contributed by atoms with Crippen LogP contribution in [0.5, 0.6) is 0 Å². The Hall–Kier alpha value is -2.30. The number of aryl methyl sites for hydroxylation is 1. The summed E-state index contributed by atoms with van der Waals surface area (Å²) in [5, 5.41) is 7.61. The highest BCUT2D eigenvalue weighted by Gasteiger charge is 2.10. The minimum absolute atomic E-state index is 0.0911. The Bertz CT molecular complexity index is 634. The molecule has 0 aliphatic rings. The number of guanidine groups is 1. The molecule has 2 rings (SSSR count). The van der Waals surface area contributed by atoms with Gasteiger partial charge in [0, 0.05) is 11.7 Å². The molecule has 112 valence electrons. The second-order valence-corrected chi connectivity index (χ2v) is 6.11. The summed E-state index contributed by atoms with van der Waals surface area (Å²) in [5.74, 6) is 0.453. The number of nitrogens with two attached hydrogens (primary N) is 1. The summed E-state index contributed by atoms with van der Waals surface area (Å²) in [6.07, 6.45) is 1.95. The molecule has 3 N–H and O–H groups in total. The normalized spacial score (nSPS) is 12.5. The van der Waals surface area contributed by atoms with E-state index in [2.05, 4.69) is 36.2 Å². The van der Waals surface area contributed by atoms with E-state index >= 15 is 0 Å². The van der Waals surface area contributed by atoms with Gasteiger partial charge in [0.05, 0.1) is 17.9 Å². The van der Waals surface area contributed by atoms with Crippen molar-refractivity contribution < 1.29 is 0 Å². The number of hydrogen-bond acceptors (Lipinski definition) is 2. The van der Waals surface area contributed by atoms with Gasteiger partial charge in [0.15, 0.2) is 5.96 Å². The van der Waals surface area contributed by atoms with Crippen LogP contribution in [-0.2, 0) is 6.54 Å². The van der Waals surface area contributed by atoms with E-state index in [0.717, 1.165) is 16.9 Å². The van der Waals surface area contributed by atoms with Crippen molar-refractivity contribution in [1.29, 1.82) is 0 Å². The van der Waals surface area contributed by atoms with E-state index in [-0.39, 0.29) is 5.54 Å². The number of para-hydroxylation sites is 1. The number of rotatable bonds is 3. The third-order valence-electron chi connectivity index (χ3n) is 2.88. The molecule has 21 heavy (non-hydrogen) atoms. The molecule has 5 nitrogen and oxygen atoms in total. The van der Waals surface area contributed by atoms with Crippen LogP contribution >= 0.6 is 0 Å². The topological polar surface area (TPSA) is 68.2 Å². The van der Waals surface area contributed by atoms with E-state index in [1.165, 1.54) is 0 Å². The van der Waals surface area contributed by atoms with E-state index < -0.39 is 0 Å². The third-order valence-corrected chi connectivity index (χ3v) is 2.88. The molecule has 0 radical (unpaired) electrons. The van der Waals surface area contributed by atoms with E-state index in [1.54, 1.807) is 0 Å². The van der Waals surface area contributed by atoms with Crippen molar-refractivity contribution in [3.05, 3.63) is 47.8 Å². The van der Waals surface area contributed by atoms with Gasteiger partial charge in [-0.25, -0.2) is 9.67 Å². The molecule has 0 unspecified atom stereocenters. The van der Waals surface area contributed by atoms with Gasteiger partial charge >= 0.3 is 0 Å². The first-order chi connectivity index (χ1) is 9.85. The summed E-state index contributed by atoms with van der Waals surface area (Å²) < 4.78 is 1.87. The average molecular weight is 285 g/mol. The van der Waals surface area contributed by atoms with Crippen LogP contribution < -0.4 is 11.1 Å². The first-order valence-corrected chi connectivity index (χ1v) is 7.04. The molecule has 0 aliphatic carbocycles. The van der Waals surface area contributed by atoms with Crippen molar-refractivity contribution in [2.45, 2.75) is 39.8 Å². The predicted molar refractivity (Wildman–Crippen MR) is 86.5 cm³/mol. The minimum atomic E-state index is -0.0911. The van der Waals surface area contributed by atoms with Crippen molar-refractivity contribution in [2.75, 3.05) is 0 Å². The summed E-state index contributed by atoms with van der Waals surface area (Å²) >= 11 is 0. The second-order valence-electron chi connectivity index (χ2n) is 6.11. The number of aliphatic imine (C=N–C) groups is 1. The maximum atomic E-state index is 5.92. The quantitative estimate of drug-likeness (QED) is 0.672. The van der Waals surface area contributed by atoms with Crippen LogP contribution in [0.2, 0.25) is 0 Å². The molecule has 5 heteroatoms. The largest absolute Gasteiger partial charge is 0.370 e. The van der Waals surface area contributed by atoms with Gasteiger partial charge in [-0.15, -0.1) is 0 Å². The lowest BCUT2D eigenvalue weighted by Crippen LogP contribution is -2.45. The fourth-order valence-electron chi connectivity index (χ4n) is 2.01. The zero-order valence-corrected chi connectivity index (χ0v) is 13.1. The Morgan fingerprint density at radius 1 is 1.29 bits per heavy atom. The van der Waals surface area contributed by atoms with Gasteiger partial charge in [-0.3, -0.25) is 0 Å². The number of hydrogen-bond donors (Lipinski definition) is 2. The van der Waals surface area contributed by atoms with Crippen LogP contribution in [0.3, 0.4) is 0 Å². The third kappa shape index (κ3) is 4.34. The average Bonchev–Trinajstić information content (AvgIpc) is 2.81. The zero-order chi connectivity index (χ0) is 15.5. The van der Waals surface area contributed by atoms with Crippen LogP contribution in [0.15, 0.2) is 41.5 Å². The highest BCUT2D eigenvalue weighted by Crippen LogP contribution is 2.15. The molecule has 0 bridgehead atoms. The Morgan fingerprint density at radius 2 is 2.00 bits per heavy atom. The van der Waals surface area contributed by atoms with Crippen molar-refractivity contribution in [3.63, 3.8) is 0 Å². The summed E-state index contributed by atoms with van der Waals surface area (Å²) in [4.78, 5) is 4.41. The highest BCUT2D eigenvalue weighted by atomic mass is 15.3. The molecule has 0 aliphatic heterocycles. The van der Waals surface area contributed by atoms with Crippen LogP contribution in [0.25, 0.3) is 5.69 Å². The van der Waals surface area contributed by atoms with Gasteiger partial charge in [-0.05, 0) is 45.4 Å². The highest BCUT2D eigenvalue weighted by molar-refractivity contribution is 5.78. The summed E-state index contributed by atoms with van der Waals surface area (Å²) in [6.45, 7) is 8.65. The maximum absolute atomic E-state index is 5.92. The van der Waals surface area contributed by atoms with Crippen LogP contribution in [0.4, 0.5) is 0 Å². The second kappa shape index (κ2) is 5.99. The van der Waals surface area contributed by atoms with E-state index in [4.69, 9.17) is 5.73 Å². The van der Waals surface area contributed by atoms with Crippen molar-refractivity contribution >= 4 is 5.96 Å². The van der Waals surface area contributed by atoms with E-state index in [9.17, 15) is 0 Å². The van der Waals surface area contributed by atoms with Crippen LogP contribution in [0.1, 0.15) is 32.0 Å². The van der Waals surface area contributed by atoms with Crippen LogP contribution in [-0.4, -0.2) is 21.3 Å². The molecule has 1 heterocycles. The lowest BCUT2D eigenvalue weighted by molar-refractivity contribution is 0.508. The van der Waals surface area contributed by atoms with Crippen molar-refractivity contribution in [1.82, 2.24) is 15.1 Å². The fraction of sp³-hybridized carbons (Fsp3) is 0.375. The Morgan fingerprint density at radius 3 is 2.62 bits per heavy atom. The zero-order valence-electron chi connectivity index (χ0n) is 13.1. The lowest BCUT2D eigenvalue weighted by Gasteiger charge is -2.21. The van der Waals surface area contributed by atoms with Gasteiger partial charge in [0.25, 0.3) is 0 Å². The Kier molecular flexibility index (Phi) is 4.31. The molecule has 0 amide bonds. The van der Waals surface area contributed by atoms with Crippen LogP contribution in [0, 0.1) is 6.92 Å². The maximum Gasteiger partial charge on any atom is 0.189 e. The van der Waals surface area contributed by atoms with Crippen molar-refractivity contribution in [3.8, 4) is 5.69 Å². The van der Waals surface area contributed by atoms with Gasteiger partial charge in [-0.2, -0.15) is 5.10 Å². The smallest absolute Gasteiger partial charge is 0.189 e. The molecular weight excluding hydrogens is 262 g/mol. The van der Waals surface area contributed by atoms with E-state index in [1.807, 2.05) is 48.1 Å². The molecule has 0 saturated carbocycles. The monoisotopic (exact) mass is 285 g/mol. The molecule has 0 atom stereocenters. The van der Waals surface area contributed by atoms with Crippen molar-refractivity contribution in [2.24, 2.45) is 10.7 Å². The lowest BCUT2D eigenvalue weighted by atomic mass is 10.1. The summed E-state index contributed by atoms with van der Waals surface area (Å²) in [7, 11) is 0. The minimum Gasteiger partial charge on any atom is -0.370 e. The number of nitrogens with zero attached hydrogens (tertiary/aromatic N) is 3. The van der Waals surface area contributed by atoms with E-state index in [0.29, 0.717) is 12.5 Å². The molecule has 0 saturated heterocycles. The number of benzene rings is 1. The molecule has 2 aromatic rings. The molecule has 0 spiro atoms. The number of nitrogens with one attached hydrogen (secondary N) is 1. The SMILES string of the molecule is Cc1ccn(-c2ccccc2CN=C(N)NC(C)(C)C)n1.